The van der Waals surface area contributed by atoms with Gasteiger partial charge in [0, 0.05) is 25.1 Å². The van der Waals surface area contributed by atoms with E-state index in [4.69, 9.17) is 11.1 Å². The van der Waals surface area contributed by atoms with Gasteiger partial charge in [-0.1, -0.05) is 0 Å². The van der Waals surface area contributed by atoms with Crippen LogP contribution in [0.15, 0.2) is 6.07 Å². The number of nitrogens with two attached hydrogens (primary N) is 1. The van der Waals surface area contributed by atoms with Crippen LogP contribution in [0.4, 0.5) is 11.6 Å². The van der Waals surface area contributed by atoms with Crippen LogP contribution < -0.4 is 16.2 Å². The van der Waals surface area contributed by atoms with Gasteiger partial charge in [-0.2, -0.15) is 5.26 Å². The summed E-state index contributed by atoms with van der Waals surface area (Å²) in [7, 11) is 1.93. The van der Waals surface area contributed by atoms with Gasteiger partial charge >= 0.3 is 0 Å². The van der Waals surface area contributed by atoms with Crippen LogP contribution in [0.3, 0.4) is 0 Å². The Bertz CT molecular complexity index is 462. The van der Waals surface area contributed by atoms with Crippen molar-refractivity contribution in [2.75, 3.05) is 17.4 Å². The molecule has 0 radical (unpaired) electrons. The fraction of sp³-hybridized carbons (Fsp3) is 0.583. The van der Waals surface area contributed by atoms with E-state index in [-0.39, 0.29) is 6.04 Å². The van der Waals surface area contributed by atoms with E-state index in [1.54, 1.807) is 6.07 Å². The predicted molar refractivity (Wildman–Crippen MR) is 69.9 cm³/mol. The molecule has 1 saturated carbocycles. The number of rotatable bonds is 5. The molecule has 0 aromatic carbocycles. The second-order valence-electron chi connectivity index (χ2n) is 4.71. The Morgan fingerprint density at radius 3 is 2.89 bits per heavy atom. The number of anilines is 2. The van der Waals surface area contributed by atoms with Gasteiger partial charge in [0.2, 0.25) is 0 Å². The highest BCUT2D eigenvalue weighted by Gasteiger charge is 2.28. The summed E-state index contributed by atoms with van der Waals surface area (Å²) < 4.78 is 0. The maximum atomic E-state index is 8.74. The summed E-state index contributed by atoms with van der Waals surface area (Å²) in [6.45, 7) is 2.00. The van der Waals surface area contributed by atoms with Crippen LogP contribution in [0.25, 0.3) is 0 Å². The lowest BCUT2D eigenvalue weighted by molar-refractivity contribution is 0.689. The van der Waals surface area contributed by atoms with Crippen molar-refractivity contribution in [1.29, 1.82) is 5.26 Å². The third-order valence-electron chi connectivity index (χ3n) is 3.23. The third kappa shape index (κ3) is 2.68. The molecule has 1 aromatic rings. The molecule has 18 heavy (non-hydrogen) atoms. The molecule has 0 spiro atoms. The molecule has 0 bridgehead atoms. The summed E-state index contributed by atoms with van der Waals surface area (Å²) in [5.74, 6) is 8.18. The topological polar surface area (TPSA) is 90.9 Å². The minimum Gasteiger partial charge on any atom is -0.356 e. The van der Waals surface area contributed by atoms with Crippen LogP contribution in [-0.4, -0.2) is 23.1 Å². The van der Waals surface area contributed by atoms with E-state index in [1.165, 1.54) is 0 Å². The molecule has 0 amide bonds. The maximum absolute atomic E-state index is 8.74. The van der Waals surface area contributed by atoms with Gasteiger partial charge in [-0.3, -0.25) is 0 Å². The lowest BCUT2D eigenvalue weighted by atomic mass is 10.2. The summed E-state index contributed by atoms with van der Waals surface area (Å²) in [4.78, 5) is 10.9. The maximum Gasteiger partial charge on any atom is 0.145 e. The number of aromatic nitrogens is 2. The third-order valence-corrected chi connectivity index (χ3v) is 3.23. The Morgan fingerprint density at radius 1 is 1.61 bits per heavy atom. The zero-order valence-electron chi connectivity index (χ0n) is 10.7. The molecule has 96 valence electrons. The number of hydrogen-bond acceptors (Lipinski definition) is 6. The summed E-state index contributed by atoms with van der Waals surface area (Å²) in [5, 5.41) is 8.74. The molecule has 0 saturated heterocycles. The molecule has 1 aliphatic rings. The zero-order chi connectivity index (χ0) is 13.1. The van der Waals surface area contributed by atoms with Crippen LogP contribution in [0.5, 0.6) is 0 Å². The van der Waals surface area contributed by atoms with Crippen molar-refractivity contribution in [1.82, 2.24) is 9.97 Å². The van der Waals surface area contributed by atoms with Gasteiger partial charge in [0.05, 0.1) is 12.5 Å². The fourth-order valence-corrected chi connectivity index (χ4v) is 1.73. The van der Waals surface area contributed by atoms with Gasteiger partial charge in [-0.25, -0.2) is 15.8 Å². The molecular weight excluding hydrogens is 228 g/mol. The van der Waals surface area contributed by atoms with Crippen molar-refractivity contribution >= 4 is 11.6 Å². The summed E-state index contributed by atoms with van der Waals surface area (Å²) in [6.07, 6.45) is 2.75. The van der Waals surface area contributed by atoms with Crippen molar-refractivity contribution in [3.63, 3.8) is 0 Å². The molecule has 1 heterocycles. The highest BCUT2D eigenvalue weighted by Crippen LogP contribution is 2.39. The van der Waals surface area contributed by atoms with Crippen LogP contribution in [0.1, 0.15) is 37.9 Å². The molecule has 6 heteroatoms. The smallest absolute Gasteiger partial charge is 0.145 e. The van der Waals surface area contributed by atoms with Crippen molar-refractivity contribution in [3.8, 4) is 6.07 Å². The van der Waals surface area contributed by atoms with E-state index in [0.29, 0.717) is 18.2 Å². The van der Waals surface area contributed by atoms with Gasteiger partial charge < -0.3 is 10.3 Å². The number of hydrazine groups is 1. The predicted octanol–water partition coefficient (Wildman–Crippen LogP) is 1.38. The Labute approximate surface area is 107 Å². The Kier molecular flexibility index (Phi) is 3.63. The zero-order valence-corrected chi connectivity index (χ0v) is 10.7. The van der Waals surface area contributed by atoms with Crippen LogP contribution in [-0.2, 0) is 0 Å². The van der Waals surface area contributed by atoms with Crippen molar-refractivity contribution in [2.24, 2.45) is 5.84 Å². The average molecular weight is 246 g/mol. The molecule has 1 fully saturated rings. The lowest BCUT2D eigenvalue weighted by Gasteiger charge is -2.24. The Balaban J connectivity index is 2.25. The molecule has 1 unspecified atom stereocenters. The fourth-order valence-electron chi connectivity index (χ4n) is 1.73. The van der Waals surface area contributed by atoms with E-state index in [9.17, 15) is 0 Å². The Hall–Kier alpha value is -1.87. The van der Waals surface area contributed by atoms with Gasteiger partial charge in [-0.15, -0.1) is 0 Å². The van der Waals surface area contributed by atoms with E-state index in [2.05, 4.69) is 21.5 Å². The first-order valence-electron chi connectivity index (χ1n) is 6.11. The molecule has 1 aliphatic carbocycles. The molecule has 1 atom stereocenters. The van der Waals surface area contributed by atoms with E-state index in [0.717, 1.165) is 24.5 Å². The lowest BCUT2D eigenvalue weighted by Crippen LogP contribution is -2.29. The number of nitrogens with zero attached hydrogens (tertiary/aromatic N) is 4. The van der Waals surface area contributed by atoms with E-state index >= 15 is 0 Å². The minimum absolute atomic E-state index is 0.113. The van der Waals surface area contributed by atoms with Gasteiger partial charge in [0.15, 0.2) is 0 Å². The van der Waals surface area contributed by atoms with Crippen molar-refractivity contribution < 1.29 is 0 Å². The second-order valence-corrected chi connectivity index (χ2v) is 4.71. The van der Waals surface area contributed by atoms with Crippen LogP contribution >= 0.6 is 0 Å². The van der Waals surface area contributed by atoms with Crippen LogP contribution in [0, 0.1) is 11.3 Å². The molecule has 0 aliphatic heterocycles. The monoisotopic (exact) mass is 246 g/mol. The van der Waals surface area contributed by atoms with Crippen molar-refractivity contribution in [3.05, 3.63) is 11.9 Å². The van der Waals surface area contributed by atoms with Gasteiger partial charge in [0.1, 0.15) is 17.5 Å². The van der Waals surface area contributed by atoms with Gasteiger partial charge in [0.25, 0.3) is 0 Å². The average Bonchev–Trinajstić information content (AvgIpc) is 3.21. The first-order chi connectivity index (χ1) is 8.65. The minimum atomic E-state index is 0.113. The largest absolute Gasteiger partial charge is 0.356 e. The second kappa shape index (κ2) is 5.19. The summed E-state index contributed by atoms with van der Waals surface area (Å²) in [5.41, 5.74) is 2.57. The number of hydrogen-bond donors (Lipinski definition) is 2. The SMILES string of the molecule is CC(CC#N)N(C)c1cc(NN)nc(C2CC2)n1. The normalized spacial score (nSPS) is 15.9. The first kappa shape index (κ1) is 12.6. The number of nitrogen functional groups attached to an aromatic ring is 1. The molecule has 1 aromatic heterocycles. The summed E-state index contributed by atoms with van der Waals surface area (Å²) >= 11 is 0. The van der Waals surface area contributed by atoms with Crippen molar-refractivity contribution in [2.45, 2.75) is 38.1 Å². The van der Waals surface area contributed by atoms with E-state index < -0.39 is 0 Å². The molecule has 3 N–H and O–H groups in total. The highest BCUT2D eigenvalue weighted by atomic mass is 15.3. The molecule has 6 nitrogen and oxygen atoms in total. The Morgan fingerprint density at radius 2 is 2.33 bits per heavy atom. The molecule has 2 rings (SSSR count). The first-order valence-corrected chi connectivity index (χ1v) is 6.11. The van der Waals surface area contributed by atoms with Gasteiger partial charge in [-0.05, 0) is 19.8 Å². The van der Waals surface area contributed by atoms with E-state index in [1.807, 2.05) is 18.9 Å². The number of nitrogens with one attached hydrogen (secondary N) is 1. The quantitative estimate of drug-likeness (QED) is 0.602. The standard InChI is InChI=1S/C12H18N6/c1-8(5-6-13)18(2)11-7-10(17-14)15-12(16-11)9-3-4-9/h7-9H,3-5,14H2,1-2H3,(H,15,16,17). The highest BCUT2D eigenvalue weighted by molar-refractivity contribution is 5.49. The van der Waals surface area contributed by atoms with Crippen LogP contribution in [0.2, 0.25) is 0 Å². The molecular formula is C12H18N6. The number of nitriles is 1. The summed E-state index contributed by atoms with van der Waals surface area (Å²) in [6, 6.07) is 4.09.